The summed E-state index contributed by atoms with van der Waals surface area (Å²) in [7, 11) is -0.683. The fourth-order valence-electron chi connectivity index (χ4n) is 3.27. The number of amides is 2. The summed E-state index contributed by atoms with van der Waals surface area (Å²) in [6.07, 6.45) is 1.43. The predicted octanol–water partition coefficient (Wildman–Crippen LogP) is 2.62. The quantitative estimate of drug-likeness (QED) is 0.441. The van der Waals surface area contributed by atoms with Gasteiger partial charge in [0.05, 0.1) is 19.1 Å². The number of rotatable bonds is 10. The Kier molecular flexibility index (Phi) is 9.32. The molecule has 0 aliphatic carbocycles. The summed E-state index contributed by atoms with van der Waals surface area (Å²) < 4.78 is 32.3. The normalized spacial score (nSPS) is 12.0. The van der Waals surface area contributed by atoms with Gasteiger partial charge in [-0.1, -0.05) is 19.1 Å². The van der Waals surface area contributed by atoms with Crippen LogP contribution < -0.4 is 14.4 Å². The van der Waals surface area contributed by atoms with Crippen LogP contribution in [0.5, 0.6) is 5.75 Å². The van der Waals surface area contributed by atoms with E-state index in [4.69, 9.17) is 4.74 Å². The molecule has 0 saturated heterocycles. The van der Waals surface area contributed by atoms with Crippen molar-refractivity contribution in [3.05, 3.63) is 57.7 Å². The molecule has 2 amide bonds. The van der Waals surface area contributed by atoms with Gasteiger partial charge < -0.3 is 15.0 Å². The van der Waals surface area contributed by atoms with E-state index in [0.29, 0.717) is 17.9 Å². The summed E-state index contributed by atoms with van der Waals surface area (Å²) >= 11 is 2.12. The smallest absolute Gasteiger partial charge is 0.244 e. The molecule has 2 aromatic rings. The lowest BCUT2D eigenvalue weighted by molar-refractivity contribution is -0.140. The van der Waals surface area contributed by atoms with Gasteiger partial charge in [-0.3, -0.25) is 13.9 Å². The number of hydrogen-bond acceptors (Lipinski definition) is 5. The number of anilines is 1. The van der Waals surface area contributed by atoms with E-state index >= 15 is 0 Å². The summed E-state index contributed by atoms with van der Waals surface area (Å²) in [5.74, 6) is -0.171. The highest BCUT2D eigenvalue weighted by atomic mass is 127. The molecule has 2 aromatic carbocycles. The monoisotopic (exact) mass is 573 g/mol. The van der Waals surface area contributed by atoms with Gasteiger partial charge in [-0.05, 0) is 71.0 Å². The molecule has 0 aliphatic heterocycles. The maximum absolute atomic E-state index is 13.4. The first-order chi connectivity index (χ1) is 15.1. The van der Waals surface area contributed by atoms with Crippen molar-refractivity contribution in [2.45, 2.75) is 25.9 Å². The van der Waals surface area contributed by atoms with Crippen molar-refractivity contribution in [2.75, 3.05) is 31.3 Å². The van der Waals surface area contributed by atoms with Crippen LogP contribution in [0, 0.1) is 3.57 Å². The number of hydrogen-bond donors (Lipinski definition) is 1. The van der Waals surface area contributed by atoms with Crippen molar-refractivity contribution in [2.24, 2.45) is 0 Å². The molecule has 8 nitrogen and oxygen atoms in total. The third kappa shape index (κ3) is 6.83. The molecule has 0 fully saturated rings. The van der Waals surface area contributed by atoms with Gasteiger partial charge in [0.1, 0.15) is 18.3 Å². The van der Waals surface area contributed by atoms with E-state index in [9.17, 15) is 18.0 Å². The van der Waals surface area contributed by atoms with Crippen LogP contribution in [0.1, 0.15) is 18.9 Å². The first kappa shape index (κ1) is 25.9. The lowest BCUT2D eigenvalue weighted by Gasteiger charge is -2.32. The van der Waals surface area contributed by atoms with E-state index in [1.807, 2.05) is 6.07 Å². The zero-order chi connectivity index (χ0) is 23.9. The Morgan fingerprint density at radius 1 is 1.16 bits per heavy atom. The van der Waals surface area contributed by atoms with Crippen LogP contribution in [0.4, 0.5) is 5.69 Å². The molecule has 0 radical (unpaired) electrons. The molecule has 0 aliphatic rings. The third-order valence-electron chi connectivity index (χ3n) is 4.91. The number of carbonyl (C=O) groups is 2. The highest BCUT2D eigenvalue weighted by molar-refractivity contribution is 14.1. The van der Waals surface area contributed by atoms with Crippen molar-refractivity contribution in [3.8, 4) is 5.75 Å². The van der Waals surface area contributed by atoms with E-state index in [-0.39, 0.29) is 12.5 Å². The summed E-state index contributed by atoms with van der Waals surface area (Å²) in [6, 6.07) is 13.3. The number of methoxy groups -OCH3 is 1. The maximum Gasteiger partial charge on any atom is 0.244 e. The van der Waals surface area contributed by atoms with Gasteiger partial charge in [0.15, 0.2) is 0 Å². The van der Waals surface area contributed by atoms with E-state index < -0.39 is 28.5 Å². The number of nitrogens with zero attached hydrogens (tertiary/aromatic N) is 2. The molecule has 0 aromatic heterocycles. The first-order valence-corrected chi connectivity index (χ1v) is 12.9. The molecule has 32 heavy (non-hydrogen) atoms. The van der Waals surface area contributed by atoms with Crippen molar-refractivity contribution in [1.29, 1.82) is 0 Å². The Morgan fingerprint density at radius 3 is 2.34 bits per heavy atom. The molecule has 0 bridgehead atoms. The average molecular weight is 573 g/mol. The van der Waals surface area contributed by atoms with Crippen LogP contribution in [-0.2, 0) is 26.2 Å². The molecule has 2 rings (SSSR count). The predicted molar refractivity (Wildman–Crippen MR) is 133 cm³/mol. The lowest BCUT2D eigenvalue weighted by Crippen LogP contribution is -2.51. The van der Waals surface area contributed by atoms with E-state index in [2.05, 4.69) is 27.9 Å². The number of sulfonamides is 1. The lowest BCUT2D eigenvalue weighted by atomic mass is 10.1. The number of nitrogens with one attached hydrogen (secondary N) is 1. The fourth-order valence-corrected chi connectivity index (χ4v) is 4.48. The van der Waals surface area contributed by atoms with Gasteiger partial charge in [0.2, 0.25) is 21.8 Å². The molecule has 10 heteroatoms. The molecule has 0 saturated carbocycles. The zero-order valence-corrected chi connectivity index (χ0v) is 21.5. The van der Waals surface area contributed by atoms with Crippen LogP contribution in [0.3, 0.4) is 0 Å². The van der Waals surface area contributed by atoms with Gasteiger partial charge in [-0.15, -0.1) is 0 Å². The molecular formula is C22H28IN3O5S. The van der Waals surface area contributed by atoms with Crippen molar-refractivity contribution < 1.29 is 22.7 Å². The molecule has 1 atom stereocenters. The van der Waals surface area contributed by atoms with Gasteiger partial charge in [0, 0.05) is 17.2 Å². The molecular weight excluding hydrogens is 545 g/mol. The van der Waals surface area contributed by atoms with E-state index in [1.54, 1.807) is 56.5 Å². The molecule has 0 spiro atoms. The molecule has 0 unspecified atom stereocenters. The van der Waals surface area contributed by atoms with Crippen LogP contribution in [-0.4, -0.2) is 58.1 Å². The molecule has 1 N–H and O–H groups in total. The Balaban J connectivity index is 2.42. The molecule has 174 valence electrons. The summed E-state index contributed by atoms with van der Waals surface area (Å²) in [4.78, 5) is 27.4. The van der Waals surface area contributed by atoms with Crippen molar-refractivity contribution >= 4 is 50.1 Å². The number of ether oxygens (including phenoxy) is 1. The zero-order valence-electron chi connectivity index (χ0n) is 18.5. The SMILES string of the molecule is CC[C@H](C(=O)NC)N(Cc1cccc(OC)c1)C(=O)CN(c1ccc(I)cc1)S(C)(=O)=O. The number of likely N-dealkylation sites (N-methyl/N-ethyl adjacent to an activating group) is 1. The minimum atomic E-state index is -3.74. The van der Waals surface area contributed by atoms with E-state index in [0.717, 1.165) is 19.7 Å². The van der Waals surface area contributed by atoms with Crippen LogP contribution >= 0.6 is 22.6 Å². The van der Waals surface area contributed by atoms with Crippen molar-refractivity contribution in [3.63, 3.8) is 0 Å². The highest BCUT2D eigenvalue weighted by Gasteiger charge is 2.31. The Hall–Kier alpha value is -2.34. The third-order valence-corrected chi connectivity index (χ3v) is 6.77. The standard InChI is InChI=1S/C22H28IN3O5S/c1-5-20(22(28)24-2)25(14-16-7-6-8-19(13-16)31-3)21(27)15-26(32(4,29)30)18-11-9-17(23)10-12-18/h6-13,20H,5,14-15H2,1-4H3,(H,24,28)/t20-/m1/s1. The van der Waals surface area contributed by atoms with Crippen molar-refractivity contribution in [1.82, 2.24) is 10.2 Å². The summed E-state index contributed by atoms with van der Waals surface area (Å²) in [5, 5.41) is 2.59. The minimum Gasteiger partial charge on any atom is -0.497 e. The maximum atomic E-state index is 13.4. The van der Waals surface area contributed by atoms with Gasteiger partial charge in [-0.25, -0.2) is 8.42 Å². The Bertz CT molecular complexity index is 1040. The Labute approximate surface area is 203 Å². The van der Waals surface area contributed by atoms with Crippen LogP contribution in [0.25, 0.3) is 0 Å². The van der Waals surface area contributed by atoms with Crippen LogP contribution in [0.2, 0.25) is 0 Å². The number of carbonyl (C=O) groups excluding carboxylic acids is 2. The number of halogens is 1. The van der Waals surface area contributed by atoms with Gasteiger partial charge in [0.25, 0.3) is 0 Å². The number of benzene rings is 2. The minimum absolute atomic E-state index is 0.131. The largest absolute Gasteiger partial charge is 0.497 e. The summed E-state index contributed by atoms with van der Waals surface area (Å²) in [6.45, 7) is 1.52. The second kappa shape index (κ2) is 11.5. The van der Waals surface area contributed by atoms with Gasteiger partial charge >= 0.3 is 0 Å². The second-order valence-corrected chi connectivity index (χ2v) is 10.3. The summed E-state index contributed by atoms with van der Waals surface area (Å²) in [5.41, 5.74) is 1.15. The first-order valence-electron chi connectivity index (χ1n) is 9.98. The second-order valence-electron chi connectivity index (χ2n) is 7.16. The average Bonchev–Trinajstić information content (AvgIpc) is 2.77. The topological polar surface area (TPSA) is 96.0 Å². The fraction of sp³-hybridized carbons (Fsp3) is 0.364. The van der Waals surface area contributed by atoms with E-state index in [1.165, 1.54) is 11.9 Å². The highest BCUT2D eigenvalue weighted by Crippen LogP contribution is 2.21. The van der Waals surface area contributed by atoms with Gasteiger partial charge in [-0.2, -0.15) is 0 Å². The Morgan fingerprint density at radius 2 is 1.81 bits per heavy atom. The van der Waals surface area contributed by atoms with Crippen LogP contribution in [0.15, 0.2) is 48.5 Å². The molecule has 0 heterocycles.